The molecule has 0 saturated heterocycles. The van der Waals surface area contributed by atoms with E-state index in [2.05, 4.69) is 54.8 Å². The lowest BCUT2D eigenvalue weighted by Gasteiger charge is -2.42. The first-order chi connectivity index (χ1) is 8.47. The van der Waals surface area contributed by atoms with Gasteiger partial charge in [0.1, 0.15) is 0 Å². The van der Waals surface area contributed by atoms with Crippen molar-refractivity contribution in [2.75, 3.05) is 14.1 Å². The molecule has 0 spiro atoms. The van der Waals surface area contributed by atoms with E-state index >= 15 is 0 Å². The number of halogens is 1. The van der Waals surface area contributed by atoms with Gasteiger partial charge in [-0.2, -0.15) is 0 Å². The minimum atomic E-state index is -0.360. The molecule has 18 heavy (non-hydrogen) atoms. The average molecular weight is 314 g/mol. The van der Waals surface area contributed by atoms with Crippen molar-refractivity contribution in [3.05, 3.63) is 34.3 Å². The van der Waals surface area contributed by atoms with E-state index < -0.39 is 0 Å². The molecule has 0 aliphatic carbocycles. The molecule has 0 saturated carbocycles. The lowest BCUT2D eigenvalue weighted by atomic mass is 9.82. The molecule has 1 rings (SSSR count). The van der Waals surface area contributed by atoms with E-state index in [0.717, 1.165) is 22.9 Å². The molecule has 1 aromatic carbocycles. The van der Waals surface area contributed by atoms with Crippen LogP contribution in [0.15, 0.2) is 28.7 Å². The second-order valence-electron chi connectivity index (χ2n) is 5.02. The van der Waals surface area contributed by atoms with Crippen LogP contribution in [0.1, 0.15) is 32.3 Å². The first kappa shape index (κ1) is 15.7. The summed E-state index contributed by atoms with van der Waals surface area (Å²) < 4.78 is 1.07. The molecule has 0 fully saturated rings. The van der Waals surface area contributed by atoms with Crippen LogP contribution in [0.25, 0.3) is 0 Å². The van der Waals surface area contributed by atoms with E-state index in [1.54, 1.807) is 0 Å². The highest BCUT2D eigenvalue weighted by atomic mass is 79.9. The van der Waals surface area contributed by atoms with Gasteiger partial charge in [0.15, 0.2) is 0 Å². The maximum atomic E-state index is 10.6. The number of aliphatic hydroxyl groups excluding tert-OH is 1. The van der Waals surface area contributed by atoms with Crippen molar-refractivity contribution in [3.8, 4) is 0 Å². The molecule has 1 N–H and O–H groups in total. The number of hydrogen-bond donors (Lipinski definition) is 1. The first-order valence-corrected chi connectivity index (χ1v) is 7.36. The highest BCUT2D eigenvalue weighted by molar-refractivity contribution is 9.10. The van der Waals surface area contributed by atoms with E-state index in [1.807, 2.05) is 18.2 Å². The SMILES string of the molecule is CCC(CC)(C(O)Cc1ccccc1Br)N(C)C. The second kappa shape index (κ2) is 6.69. The Hall–Kier alpha value is -0.380. The van der Waals surface area contributed by atoms with Gasteiger partial charge in [-0.15, -0.1) is 0 Å². The van der Waals surface area contributed by atoms with Crippen LogP contribution in [0.2, 0.25) is 0 Å². The highest BCUT2D eigenvalue weighted by Crippen LogP contribution is 2.29. The van der Waals surface area contributed by atoms with Gasteiger partial charge in [0.2, 0.25) is 0 Å². The maximum Gasteiger partial charge on any atom is 0.0764 e. The van der Waals surface area contributed by atoms with Crippen molar-refractivity contribution in [2.24, 2.45) is 0 Å². The fraction of sp³-hybridized carbons (Fsp3) is 0.600. The zero-order valence-electron chi connectivity index (χ0n) is 11.8. The van der Waals surface area contributed by atoms with Crippen LogP contribution in [-0.2, 0) is 6.42 Å². The standard InChI is InChI=1S/C15H24BrNO/c1-5-15(6-2,17(3)4)14(18)11-12-9-7-8-10-13(12)16/h7-10,14,18H,5-6,11H2,1-4H3. The van der Waals surface area contributed by atoms with Crippen LogP contribution in [0.4, 0.5) is 0 Å². The molecule has 0 heterocycles. The Morgan fingerprint density at radius 1 is 1.22 bits per heavy atom. The topological polar surface area (TPSA) is 23.5 Å². The van der Waals surface area contributed by atoms with E-state index in [4.69, 9.17) is 0 Å². The Bertz CT molecular complexity index is 375. The number of rotatable bonds is 6. The van der Waals surface area contributed by atoms with Crippen LogP contribution < -0.4 is 0 Å². The first-order valence-electron chi connectivity index (χ1n) is 6.56. The molecule has 0 bridgehead atoms. The largest absolute Gasteiger partial charge is 0.391 e. The van der Waals surface area contributed by atoms with E-state index in [0.29, 0.717) is 6.42 Å². The van der Waals surface area contributed by atoms with Crippen LogP contribution >= 0.6 is 15.9 Å². The van der Waals surface area contributed by atoms with Crippen LogP contribution in [0.3, 0.4) is 0 Å². The lowest BCUT2D eigenvalue weighted by molar-refractivity contribution is -0.0126. The van der Waals surface area contributed by atoms with Crippen LogP contribution in [0.5, 0.6) is 0 Å². The van der Waals surface area contributed by atoms with Crippen LogP contribution in [-0.4, -0.2) is 35.7 Å². The third kappa shape index (κ3) is 3.14. The van der Waals surface area contributed by atoms with Crippen molar-refractivity contribution in [1.82, 2.24) is 4.90 Å². The van der Waals surface area contributed by atoms with E-state index in [-0.39, 0.29) is 11.6 Å². The summed E-state index contributed by atoms with van der Waals surface area (Å²) in [4.78, 5) is 2.16. The normalized spacial score (nSPS) is 13.9. The molecule has 1 unspecified atom stereocenters. The highest BCUT2D eigenvalue weighted by Gasteiger charge is 2.36. The fourth-order valence-corrected chi connectivity index (χ4v) is 3.16. The quantitative estimate of drug-likeness (QED) is 0.869. The second-order valence-corrected chi connectivity index (χ2v) is 5.87. The van der Waals surface area contributed by atoms with Crippen molar-refractivity contribution in [3.63, 3.8) is 0 Å². The number of benzene rings is 1. The van der Waals surface area contributed by atoms with Gasteiger partial charge in [0, 0.05) is 16.4 Å². The Kier molecular flexibility index (Phi) is 5.83. The van der Waals surface area contributed by atoms with Gasteiger partial charge in [-0.05, 0) is 38.6 Å². The molecule has 2 nitrogen and oxygen atoms in total. The predicted octanol–water partition coefficient (Wildman–Crippen LogP) is 3.47. The zero-order valence-corrected chi connectivity index (χ0v) is 13.4. The summed E-state index contributed by atoms with van der Waals surface area (Å²) in [5.74, 6) is 0. The zero-order chi connectivity index (χ0) is 13.8. The van der Waals surface area contributed by atoms with Crippen molar-refractivity contribution in [1.29, 1.82) is 0 Å². The summed E-state index contributed by atoms with van der Waals surface area (Å²) in [6, 6.07) is 8.11. The van der Waals surface area contributed by atoms with Crippen LogP contribution in [0, 0.1) is 0 Å². The molecule has 0 radical (unpaired) electrons. The molecule has 1 aromatic rings. The molecule has 0 aliphatic rings. The molecule has 1 atom stereocenters. The summed E-state index contributed by atoms with van der Waals surface area (Å²) in [5, 5.41) is 10.6. The van der Waals surface area contributed by atoms with Gasteiger partial charge in [-0.1, -0.05) is 48.0 Å². The van der Waals surface area contributed by atoms with E-state index in [9.17, 15) is 5.11 Å². The molecule has 3 heteroatoms. The summed E-state index contributed by atoms with van der Waals surface area (Å²) in [6.07, 6.45) is 2.21. The summed E-state index contributed by atoms with van der Waals surface area (Å²) in [7, 11) is 4.10. The smallest absolute Gasteiger partial charge is 0.0764 e. The summed E-state index contributed by atoms with van der Waals surface area (Å²) in [6.45, 7) is 4.29. The number of likely N-dealkylation sites (N-methyl/N-ethyl adjacent to an activating group) is 1. The summed E-state index contributed by atoms with van der Waals surface area (Å²) >= 11 is 3.55. The van der Waals surface area contributed by atoms with Gasteiger partial charge >= 0.3 is 0 Å². The molecular formula is C15H24BrNO. The number of aliphatic hydroxyl groups is 1. The Morgan fingerprint density at radius 2 is 1.78 bits per heavy atom. The minimum absolute atomic E-state index is 0.144. The van der Waals surface area contributed by atoms with Crippen molar-refractivity contribution in [2.45, 2.75) is 44.8 Å². The Balaban J connectivity index is 2.92. The molecular weight excluding hydrogens is 290 g/mol. The maximum absolute atomic E-state index is 10.6. The van der Waals surface area contributed by atoms with Gasteiger partial charge in [0.25, 0.3) is 0 Å². The Morgan fingerprint density at radius 3 is 2.22 bits per heavy atom. The van der Waals surface area contributed by atoms with Gasteiger partial charge in [-0.3, -0.25) is 0 Å². The van der Waals surface area contributed by atoms with Gasteiger partial charge in [0.05, 0.1) is 6.10 Å². The van der Waals surface area contributed by atoms with Gasteiger partial charge < -0.3 is 10.0 Å². The molecule has 0 aromatic heterocycles. The third-order valence-corrected chi connectivity index (χ3v) is 4.88. The Labute approximate surface area is 119 Å². The predicted molar refractivity (Wildman–Crippen MR) is 80.9 cm³/mol. The monoisotopic (exact) mass is 313 g/mol. The third-order valence-electron chi connectivity index (χ3n) is 4.11. The van der Waals surface area contributed by atoms with Crippen molar-refractivity contribution < 1.29 is 5.11 Å². The molecule has 102 valence electrons. The molecule has 0 amide bonds. The number of nitrogens with zero attached hydrogens (tertiary/aromatic N) is 1. The fourth-order valence-electron chi connectivity index (χ4n) is 2.71. The van der Waals surface area contributed by atoms with E-state index in [1.165, 1.54) is 0 Å². The lowest BCUT2D eigenvalue weighted by Crippen LogP contribution is -2.53. The summed E-state index contributed by atoms with van der Waals surface area (Å²) in [5.41, 5.74) is 1.02. The number of hydrogen-bond acceptors (Lipinski definition) is 2. The molecule has 0 aliphatic heterocycles. The average Bonchev–Trinajstić information content (AvgIpc) is 2.34. The van der Waals surface area contributed by atoms with Crippen molar-refractivity contribution >= 4 is 15.9 Å². The minimum Gasteiger partial charge on any atom is -0.391 e. The van der Waals surface area contributed by atoms with Gasteiger partial charge in [-0.25, -0.2) is 0 Å².